The van der Waals surface area contributed by atoms with Crippen LogP contribution in [0.2, 0.25) is 0 Å². The lowest BCUT2D eigenvalue weighted by Crippen LogP contribution is -1.87. The molecule has 0 saturated carbocycles. The molecule has 92 valence electrons. The van der Waals surface area contributed by atoms with Crippen molar-refractivity contribution in [1.29, 1.82) is 0 Å². The van der Waals surface area contributed by atoms with Crippen molar-refractivity contribution in [3.8, 4) is 11.3 Å². The van der Waals surface area contributed by atoms with Gasteiger partial charge in [-0.05, 0) is 19.1 Å². The second kappa shape index (κ2) is 3.68. The normalized spacial score (nSPS) is 11.4. The molecule has 3 aromatic heterocycles. The van der Waals surface area contributed by atoms with Gasteiger partial charge in [0.15, 0.2) is 5.65 Å². The van der Waals surface area contributed by atoms with E-state index >= 15 is 0 Å². The Kier molecular flexibility index (Phi) is 2.00. The molecule has 3 heterocycles. The molecule has 1 aromatic carbocycles. The summed E-state index contributed by atoms with van der Waals surface area (Å²) in [5.41, 5.74) is 5.50. The van der Waals surface area contributed by atoms with E-state index in [9.17, 15) is 0 Å². The first kappa shape index (κ1) is 10.3. The standard InChI is InChI=1S/C15H12N4/c1-10-2-3-13-11(6-10)12(7-17-13)14-8-18-15-9-16-4-5-19(14)15/h2-9,17H,1H3. The molecule has 0 atom stereocenters. The van der Waals surface area contributed by atoms with Gasteiger partial charge in [-0.15, -0.1) is 0 Å². The van der Waals surface area contributed by atoms with Crippen molar-refractivity contribution in [3.63, 3.8) is 0 Å². The molecule has 0 saturated heterocycles. The highest BCUT2D eigenvalue weighted by molar-refractivity contribution is 5.95. The lowest BCUT2D eigenvalue weighted by molar-refractivity contribution is 1.13. The quantitative estimate of drug-likeness (QED) is 0.562. The van der Waals surface area contributed by atoms with Crippen molar-refractivity contribution >= 4 is 16.6 Å². The topological polar surface area (TPSA) is 46.0 Å². The van der Waals surface area contributed by atoms with E-state index in [1.54, 1.807) is 12.4 Å². The Balaban J connectivity index is 2.06. The third-order valence-electron chi connectivity index (χ3n) is 3.43. The average molecular weight is 248 g/mol. The summed E-state index contributed by atoms with van der Waals surface area (Å²) in [5, 5.41) is 1.22. The van der Waals surface area contributed by atoms with Crippen molar-refractivity contribution in [3.05, 3.63) is 54.7 Å². The summed E-state index contributed by atoms with van der Waals surface area (Å²) < 4.78 is 2.05. The van der Waals surface area contributed by atoms with Crippen LogP contribution in [-0.4, -0.2) is 19.4 Å². The van der Waals surface area contributed by atoms with E-state index in [1.165, 1.54) is 10.9 Å². The maximum Gasteiger partial charge on any atom is 0.155 e. The Hall–Kier alpha value is -2.62. The molecule has 19 heavy (non-hydrogen) atoms. The van der Waals surface area contributed by atoms with Gasteiger partial charge >= 0.3 is 0 Å². The second-order valence-electron chi connectivity index (χ2n) is 4.70. The van der Waals surface area contributed by atoms with Gasteiger partial charge in [-0.3, -0.25) is 9.38 Å². The predicted molar refractivity (Wildman–Crippen MR) is 75.0 cm³/mol. The number of hydrogen-bond acceptors (Lipinski definition) is 2. The Morgan fingerprint density at radius 2 is 2.16 bits per heavy atom. The number of aromatic nitrogens is 4. The molecular formula is C15H12N4. The number of fused-ring (bicyclic) bond motifs is 2. The molecule has 4 rings (SSSR count). The minimum absolute atomic E-state index is 0.861. The molecule has 0 aliphatic rings. The van der Waals surface area contributed by atoms with E-state index in [4.69, 9.17) is 0 Å². The van der Waals surface area contributed by atoms with Crippen LogP contribution in [0.5, 0.6) is 0 Å². The van der Waals surface area contributed by atoms with Crippen molar-refractivity contribution in [2.45, 2.75) is 6.92 Å². The number of nitrogens with one attached hydrogen (secondary N) is 1. The smallest absolute Gasteiger partial charge is 0.155 e. The Bertz CT molecular complexity index is 885. The lowest BCUT2D eigenvalue weighted by Gasteiger charge is -2.00. The lowest BCUT2D eigenvalue weighted by atomic mass is 10.1. The number of nitrogens with zero attached hydrogens (tertiary/aromatic N) is 3. The maximum atomic E-state index is 4.39. The molecule has 0 amide bonds. The van der Waals surface area contributed by atoms with Crippen LogP contribution in [0.1, 0.15) is 5.56 Å². The summed E-state index contributed by atoms with van der Waals surface area (Å²) in [5.74, 6) is 0. The molecule has 0 bridgehead atoms. The van der Waals surface area contributed by atoms with Gasteiger partial charge in [0.05, 0.1) is 18.1 Å². The fourth-order valence-electron chi connectivity index (χ4n) is 2.49. The number of aryl methyl sites for hydroxylation is 1. The van der Waals surface area contributed by atoms with Gasteiger partial charge in [0.25, 0.3) is 0 Å². The van der Waals surface area contributed by atoms with Crippen LogP contribution in [-0.2, 0) is 0 Å². The van der Waals surface area contributed by atoms with Crippen LogP contribution in [0.25, 0.3) is 27.8 Å². The molecule has 0 aliphatic carbocycles. The van der Waals surface area contributed by atoms with Crippen molar-refractivity contribution in [2.75, 3.05) is 0 Å². The van der Waals surface area contributed by atoms with E-state index in [-0.39, 0.29) is 0 Å². The van der Waals surface area contributed by atoms with Crippen LogP contribution in [0.3, 0.4) is 0 Å². The largest absolute Gasteiger partial charge is 0.360 e. The Morgan fingerprint density at radius 1 is 1.21 bits per heavy atom. The van der Waals surface area contributed by atoms with Gasteiger partial charge in [0, 0.05) is 35.1 Å². The Morgan fingerprint density at radius 3 is 3.11 bits per heavy atom. The monoisotopic (exact) mass is 248 g/mol. The van der Waals surface area contributed by atoms with Gasteiger partial charge < -0.3 is 4.98 Å². The number of benzene rings is 1. The summed E-state index contributed by atoms with van der Waals surface area (Å²) >= 11 is 0. The molecule has 0 spiro atoms. The number of rotatable bonds is 1. The van der Waals surface area contributed by atoms with Crippen molar-refractivity contribution < 1.29 is 0 Å². The number of hydrogen-bond donors (Lipinski definition) is 1. The van der Waals surface area contributed by atoms with Crippen LogP contribution < -0.4 is 0 Å². The predicted octanol–water partition coefficient (Wildman–Crippen LogP) is 3.19. The number of aromatic amines is 1. The molecule has 4 aromatic rings. The van der Waals surface area contributed by atoms with Gasteiger partial charge in [0.2, 0.25) is 0 Å². The summed E-state index contributed by atoms with van der Waals surface area (Å²) in [4.78, 5) is 11.8. The molecule has 0 aliphatic heterocycles. The zero-order chi connectivity index (χ0) is 12.8. The van der Waals surface area contributed by atoms with E-state index < -0.39 is 0 Å². The van der Waals surface area contributed by atoms with E-state index in [2.05, 4.69) is 44.5 Å². The first-order chi connectivity index (χ1) is 9.33. The maximum absolute atomic E-state index is 4.39. The Labute approximate surface area is 109 Å². The number of H-pyrrole nitrogens is 1. The summed E-state index contributed by atoms with van der Waals surface area (Å²) in [6.07, 6.45) is 9.41. The summed E-state index contributed by atoms with van der Waals surface area (Å²) in [6, 6.07) is 6.42. The second-order valence-corrected chi connectivity index (χ2v) is 4.70. The van der Waals surface area contributed by atoms with Crippen molar-refractivity contribution in [2.24, 2.45) is 0 Å². The molecular weight excluding hydrogens is 236 g/mol. The van der Waals surface area contributed by atoms with Crippen LogP contribution in [0.4, 0.5) is 0 Å². The van der Waals surface area contributed by atoms with Crippen LogP contribution >= 0.6 is 0 Å². The highest BCUT2D eigenvalue weighted by Gasteiger charge is 2.10. The van der Waals surface area contributed by atoms with E-state index in [0.29, 0.717) is 0 Å². The fraction of sp³-hybridized carbons (Fsp3) is 0.0667. The zero-order valence-electron chi connectivity index (χ0n) is 10.5. The summed E-state index contributed by atoms with van der Waals surface area (Å²) in [7, 11) is 0. The van der Waals surface area contributed by atoms with Gasteiger partial charge in [-0.25, -0.2) is 4.98 Å². The molecule has 0 radical (unpaired) electrons. The minimum atomic E-state index is 0.861. The first-order valence-corrected chi connectivity index (χ1v) is 6.18. The average Bonchev–Trinajstić information content (AvgIpc) is 3.01. The minimum Gasteiger partial charge on any atom is -0.360 e. The molecule has 0 unspecified atom stereocenters. The van der Waals surface area contributed by atoms with Crippen LogP contribution in [0, 0.1) is 6.92 Å². The highest BCUT2D eigenvalue weighted by atomic mass is 15.0. The molecule has 4 nitrogen and oxygen atoms in total. The SMILES string of the molecule is Cc1ccc2[nH]cc(-c3cnc4cnccn34)c2c1. The van der Waals surface area contributed by atoms with Gasteiger partial charge in [-0.1, -0.05) is 11.6 Å². The third kappa shape index (κ3) is 1.46. The van der Waals surface area contributed by atoms with Gasteiger partial charge in [-0.2, -0.15) is 0 Å². The molecule has 4 heteroatoms. The summed E-state index contributed by atoms with van der Waals surface area (Å²) in [6.45, 7) is 2.11. The van der Waals surface area contributed by atoms with Crippen LogP contribution in [0.15, 0.2) is 49.2 Å². The molecule has 1 N–H and O–H groups in total. The number of imidazole rings is 1. The van der Waals surface area contributed by atoms with E-state index in [1.807, 2.05) is 18.6 Å². The van der Waals surface area contributed by atoms with Crippen molar-refractivity contribution in [1.82, 2.24) is 19.4 Å². The third-order valence-corrected chi connectivity index (χ3v) is 3.43. The zero-order valence-corrected chi connectivity index (χ0v) is 10.5. The van der Waals surface area contributed by atoms with Gasteiger partial charge in [0.1, 0.15) is 0 Å². The van der Waals surface area contributed by atoms with E-state index in [0.717, 1.165) is 22.4 Å². The highest BCUT2D eigenvalue weighted by Crippen LogP contribution is 2.29. The first-order valence-electron chi connectivity index (χ1n) is 6.18. The molecule has 0 fully saturated rings. The fourth-order valence-corrected chi connectivity index (χ4v) is 2.49.